The van der Waals surface area contributed by atoms with E-state index in [1.807, 2.05) is 0 Å². The number of rotatable bonds is 11. The molecule has 0 bridgehead atoms. The average molecular weight is 473 g/mol. The first-order valence-corrected chi connectivity index (χ1v) is 15.4. The van der Waals surface area contributed by atoms with Gasteiger partial charge in [0.2, 0.25) is 0 Å². The summed E-state index contributed by atoms with van der Waals surface area (Å²) in [6.07, 6.45) is 21.2. The van der Waals surface area contributed by atoms with Crippen LogP contribution in [0.1, 0.15) is 140 Å². The van der Waals surface area contributed by atoms with Crippen LogP contribution < -0.4 is 0 Å². The first-order valence-electron chi connectivity index (χ1n) is 15.4. The van der Waals surface area contributed by atoms with Crippen LogP contribution in [0.4, 0.5) is 0 Å². The first kappa shape index (κ1) is 26.5. The van der Waals surface area contributed by atoms with Gasteiger partial charge in [0.1, 0.15) is 0 Å². The maximum Gasteiger partial charge on any atom is -0.0162 e. The molecule has 0 aliphatic heterocycles. The molecule has 4 rings (SSSR count). The molecule has 35 heavy (non-hydrogen) atoms. The zero-order chi connectivity index (χ0) is 24.5. The summed E-state index contributed by atoms with van der Waals surface area (Å²) >= 11 is 0. The predicted molar refractivity (Wildman–Crippen MR) is 154 cm³/mol. The molecule has 2 aliphatic rings. The highest BCUT2D eigenvalue weighted by Crippen LogP contribution is 2.40. The molecule has 0 aromatic heterocycles. The van der Waals surface area contributed by atoms with E-state index in [2.05, 4.69) is 69.3 Å². The molecule has 0 amide bonds. The quantitative estimate of drug-likeness (QED) is 0.305. The highest BCUT2D eigenvalue weighted by molar-refractivity contribution is 5.64. The molecular formula is C35H52. The molecular weight excluding hydrogens is 420 g/mol. The molecule has 2 fully saturated rings. The molecule has 192 valence electrons. The number of unbranched alkanes of at least 4 members (excludes halogenated alkanes) is 1. The van der Waals surface area contributed by atoms with Crippen molar-refractivity contribution >= 4 is 0 Å². The Hall–Kier alpha value is -1.56. The third kappa shape index (κ3) is 7.47. The summed E-state index contributed by atoms with van der Waals surface area (Å²) in [7, 11) is 0. The predicted octanol–water partition coefficient (Wildman–Crippen LogP) is 11.3. The molecule has 0 nitrogen and oxygen atoms in total. The molecule has 1 unspecified atom stereocenters. The van der Waals surface area contributed by atoms with Crippen molar-refractivity contribution in [3.63, 3.8) is 0 Å². The highest BCUT2D eigenvalue weighted by atomic mass is 14.3. The molecule has 2 aromatic carbocycles. The molecule has 0 radical (unpaired) electrons. The lowest BCUT2D eigenvalue weighted by molar-refractivity contribution is 0.256. The smallest absolute Gasteiger partial charge is 0.0162 e. The number of benzene rings is 2. The van der Waals surface area contributed by atoms with E-state index in [-0.39, 0.29) is 0 Å². The number of hydrogen-bond acceptors (Lipinski definition) is 0. The fraction of sp³-hybridized carbons (Fsp3) is 0.657. The monoisotopic (exact) mass is 472 g/mol. The zero-order valence-electron chi connectivity index (χ0n) is 23.1. The van der Waals surface area contributed by atoms with Crippen molar-refractivity contribution in [3.05, 3.63) is 59.7 Å². The molecule has 0 heterocycles. The molecule has 0 heteroatoms. The lowest BCUT2D eigenvalue weighted by Crippen LogP contribution is -2.16. The van der Waals surface area contributed by atoms with Gasteiger partial charge in [-0.1, -0.05) is 108 Å². The van der Waals surface area contributed by atoms with Gasteiger partial charge in [-0.2, -0.15) is 0 Å². The standard InChI is InChI=1S/C35H52/c1-4-7-9-27(6-3)26-29-12-16-31(17-13-29)33-20-24-35(25-21-33)34-22-18-32(19-23-34)30-14-10-28(8-5-2)11-15-30/h18-25,27-31H,4-17,26H2,1-3H3. The van der Waals surface area contributed by atoms with Crippen molar-refractivity contribution in [3.8, 4) is 11.1 Å². The molecule has 0 N–H and O–H groups in total. The van der Waals surface area contributed by atoms with Crippen LogP contribution >= 0.6 is 0 Å². The molecule has 2 aromatic rings. The minimum Gasteiger partial charge on any atom is -0.0654 e. The highest BCUT2D eigenvalue weighted by Gasteiger charge is 2.24. The third-order valence-electron chi connectivity index (χ3n) is 9.70. The van der Waals surface area contributed by atoms with E-state index in [4.69, 9.17) is 0 Å². The van der Waals surface area contributed by atoms with Crippen molar-refractivity contribution in [1.82, 2.24) is 0 Å². The molecule has 1 atom stereocenters. The van der Waals surface area contributed by atoms with E-state index >= 15 is 0 Å². The first-order chi connectivity index (χ1) is 17.2. The van der Waals surface area contributed by atoms with Gasteiger partial charge in [0, 0.05) is 0 Å². The minimum atomic E-state index is 0.779. The van der Waals surface area contributed by atoms with E-state index in [0.29, 0.717) is 0 Å². The second-order valence-corrected chi connectivity index (χ2v) is 12.1. The summed E-state index contributed by atoms with van der Waals surface area (Å²) in [5.41, 5.74) is 5.89. The maximum atomic E-state index is 2.43. The van der Waals surface area contributed by atoms with Crippen molar-refractivity contribution in [2.45, 2.75) is 129 Å². The van der Waals surface area contributed by atoms with Crippen molar-refractivity contribution in [2.75, 3.05) is 0 Å². The largest absolute Gasteiger partial charge is 0.0654 e. The van der Waals surface area contributed by atoms with Crippen molar-refractivity contribution in [1.29, 1.82) is 0 Å². The Morgan fingerprint density at radius 1 is 0.600 bits per heavy atom. The van der Waals surface area contributed by atoms with Crippen molar-refractivity contribution in [2.24, 2.45) is 17.8 Å². The minimum absolute atomic E-state index is 0.779. The van der Waals surface area contributed by atoms with Crippen LogP contribution in [0.15, 0.2) is 48.5 Å². The van der Waals surface area contributed by atoms with E-state index in [9.17, 15) is 0 Å². The van der Waals surface area contributed by atoms with Gasteiger partial charge in [-0.3, -0.25) is 0 Å². The van der Waals surface area contributed by atoms with Gasteiger partial charge in [-0.05, 0) is 110 Å². The van der Waals surface area contributed by atoms with Crippen LogP contribution in [0.3, 0.4) is 0 Å². The molecule has 0 saturated heterocycles. The summed E-state index contributed by atoms with van der Waals surface area (Å²) in [6.45, 7) is 7.07. The Morgan fingerprint density at radius 3 is 1.51 bits per heavy atom. The molecule has 0 spiro atoms. The Labute approximate surface area is 217 Å². The lowest BCUT2D eigenvalue weighted by atomic mass is 9.74. The topological polar surface area (TPSA) is 0 Å². The van der Waals surface area contributed by atoms with Gasteiger partial charge in [0.05, 0.1) is 0 Å². The van der Waals surface area contributed by atoms with E-state index in [1.165, 1.54) is 107 Å². The SMILES string of the molecule is CCCCC(CC)CC1CCC(c2ccc(-c3ccc(C4CCC(CCC)CC4)cc3)cc2)CC1. The van der Waals surface area contributed by atoms with Crippen LogP contribution in [-0.4, -0.2) is 0 Å². The number of hydrogen-bond donors (Lipinski definition) is 0. The summed E-state index contributed by atoms with van der Waals surface area (Å²) in [5, 5.41) is 0. The van der Waals surface area contributed by atoms with Crippen molar-refractivity contribution < 1.29 is 0 Å². The Bertz CT molecular complexity index is 829. The van der Waals surface area contributed by atoms with E-state index in [1.54, 1.807) is 11.1 Å². The van der Waals surface area contributed by atoms with Crippen LogP contribution in [0.5, 0.6) is 0 Å². The van der Waals surface area contributed by atoms with Crippen LogP contribution in [0.25, 0.3) is 11.1 Å². The summed E-state index contributed by atoms with van der Waals surface area (Å²) < 4.78 is 0. The molecule has 2 saturated carbocycles. The van der Waals surface area contributed by atoms with Crippen LogP contribution in [0, 0.1) is 17.8 Å². The Balaban J connectivity index is 1.27. The average Bonchev–Trinajstić information content (AvgIpc) is 2.92. The second kappa shape index (κ2) is 13.7. The van der Waals surface area contributed by atoms with E-state index in [0.717, 1.165) is 29.6 Å². The van der Waals surface area contributed by atoms with E-state index < -0.39 is 0 Å². The lowest BCUT2D eigenvalue weighted by Gasteiger charge is -2.31. The maximum absolute atomic E-state index is 2.43. The van der Waals surface area contributed by atoms with Crippen LogP contribution in [0.2, 0.25) is 0 Å². The second-order valence-electron chi connectivity index (χ2n) is 12.1. The normalized spacial score (nSPS) is 25.9. The van der Waals surface area contributed by atoms with Gasteiger partial charge >= 0.3 is 0 Å². The zero-order valence-corrected chi connectivity index (χ0v) is 23.1. The van der Waals surface area contributed by atoms with Gasteiger partial charge in [-0.15, -0.1) is 0 Å². The fourth-order valence-corrected chi connectivity index (χ4v) is 7.27. The fourth-order valence-electron chi connectivity index (χ4n) is 7.27. The molecule has 2 aliphatic carbocycles. The third-order valence-corrected chi connectivity index (χ3v) is 9.70. The van der Waals surface area contributed by atoms with Gasteiger partial charge in [0.25, 0.3) is 0 Å². The summed E-state index contributed by atoms with van der Waals surface area (Å²) in [5.74, 6) is 4.50. The van der Waals surface area contributed by atoms with Gasteiger partial charge in [-0.25, -0.2) is 0 Å². The summed E-state index contributed by atoms with van der Waals surface area (Å²) in [6, 6.07) is 19.2. The summed E-state index contributed by atoms with van der Waals surface area (Å²) in [4.78, 5) is 0. The van der Waals surface area contributed by atoms with Gasteiger partial charge in [0.15, 0.2) is 0 Å². The van der Waals surface area contributed by atoms with Gasteiger partial charge < -0.3 is 0 Å². The van der Waals surface area contributed by atoms with Crippen LogP contribution in [-0.2, 0) is 0 Å². The Morgan fingerprint density at radius 2 is 1.09 bits per heavy atom. The Kier molecular flexibility index (Phi) is 10.3.